The van der Waals surface area contributed by atoms with Crippen LogP contribution in [0.4, 0.5) is 25.4 Å². The van der Waals surface area contributed by atoms with Gasteiger partial charge in [-0.25, -0.2) is 14.0 Å². The second-order valence-corrected chi connectivity index (χ2v) is 7.96. The fourth-order valence-corrected chi connectivity index (χ4v) is 3.60. The van der Waals surface area contributed by atoms with Gasteiger partial charge in [0.2, 0.25) is 5.91 Å². The molecule has 0 bridgehead atoms. The third kappa shape index (κ3) is 6.11. The minimum atomic E-state index is -0.586. The lowest BCUT2D eigenvalue weighted by atomic mass is 10.0. The van der Waals surface area contributed by atoms with Crippen LogP contribution in [0.1, 0.15) is 12.5 Å². The lowest BCUT2D eigenvalue weighted by Crippen LogP contribution is -2.33. The molecule has 0 radical (unpaired) electrons. The largest absolute Gasteiger partial charge is 0.442 e. The summed E-state index contributed by atoms with van der Waals surface area (Å²) in [5.74, 6) is -0.701. The van der Waals surface area contributed by atoms with Gasteiger partial charge in [-0.2, -0.15) is 0 Å². The van der Waals surface area contributed by atoms with E-state index in [1.807, 2.05) is 0 Å². The predicted molar refractivity (Wildman–Crippen MR) is 128 cm³/mol. The number of hydrogen-bond donors (Lipinski definition) is 3. The maximum atomic E-state index is 14.9. The number of carbonyl (C=O) groups excluding carboxylic acids is 3. The van der Waals surface area contributed by atoms with Crippen molar-refractivity contribution in [2.24, 2.45) is 0 Å². The summed E-state index contributed by atoms with van der Waals surface area (Å²) in [6.45, 7) is 2.10. The Kier molecular flexibility index (Phi) is 7.20. The molecular weight excluding hydrogens is 453 g/mol. The lowest BCUT2D eigenvalue weighted by molar-refractivity contribution is -0.119. The van der Waals surface area contributed by atoms with Gasteiger partial charge in [0, 0.05) is 37.1 Å². The van der Waals surface area contributed by atoms with Crippen molar-refractivity contribution in [3.05, 3.63) is 78.4 Å². The molecule has 1 atom stereocenters. The van der Waals surface area contributed by atoms with E-state index in [2.05, 4.69) is 20.9 Å². The van der Waals surface area contributed by atoms with Gasteiger partial charge in [-0.3, -0.25) is 14.7 Å². The molecule has 0 spiro atoms. The van der Waals surface area contributed by atoms with Gasteiger partial charge in [0.1, 0.15) is 11.9 Å². The topological polar surface area (TPSA) is 113 Å². The molecular formula is C25H24FN5O4. The van der Waals surface area contributed by atoms with E-state index >= 15 is 0 Å². The summed E-state index contributed by atoms with van der Waals surface area (Å²) in [4.78, 5) is 40.5. The van der Waals surface area contributed by atoms with Crippen LogP contribution < -0.4 is 20.9 Å². The predicted octanol–water partition coefficient (Wildman–Crippen LogP) is 3.67. The molecule has 35 heavy (non-hydrogen) atoms. The SMILES string of the molecule is CC(=O)NC[C@H]1CN(c2ccc(-c3ccc(CNC(=O)Nc4ccncc4)cc3)c(F)c2)C(=O)O1. The molecule has 2 heterocycles. The highest BCUT2D eigenvalue weighted by Crippen LogP contribution is 2.29. The summed E-state index contributed by atoms with van der Waals surface area (Å²) in [6.07, 6.45) is 2.09. The van der Waals surface area contributed by atoms with Crippen molar-refractivity contribution in [2.45, 2.75) is 19.6 Å². The number of ether oxygens (including phenoxy) is 1. The lowest BCUT2D eigenvalue weighted by Gasteiger charge is -2.15. The molecule has 1 fully saturated rings. The minimum Gasteiger partial charge on any atom is -0.442 e. The molecule has 1 aliphatic rings. The number of carbonyl (C=O) groups is 3. The molecule has 2 aromatic carbocycles. The van der Waals surface area contributed by atoms with Crippen LogP contribution in [-0.2, 0) is 16.1 Å². The van der Waals surface area contributed by atoms with Gasteiger partial charge >= 0.3 is 12.1 Å². The fourth-order valence-electron chi connectivity index (χ4n) is 3.60. The Labute approximate surface area is 201 Å². The van der Waals surface area contributed by atoms with Gasteiger partial charge in [-0.1, -0.05) is 24.3 Å². The van der Waals surface area contributed by atoms with Crippen LogP contribution in [0.3, 0.4) is 0 Å². The molecule has 4 amide bonds. The zero-order valence-electron chi connectivity index (χ0n) is 19.0. The van der Waals surface area contributed by atoms with Gasteiger partial charge < -0.3 is 20.7 Å². The van der Waals surface area contributed by atoms with E-state index in [-0.39, 0.29) is 25.0 Å². The Balaban J connectivity index is 1.36. The number of anilines is 2. The molecule has 1 aromatic heterocycles. The Morgan fingerprint density at radius 1 is 1.09 bits per heavy atom. The van der Waals surface area contributed by atoms with E-state index in [4.69, 9.17) is 4.74 Å². The van der Waals surface area contributed by atoms with Crippen molar-refractivity contribution in [1.82, 2.24) is 15.6 Å². The summed E-state index contributed by atoms with van der Waals surface area (Å²) in [5.41, 5.74) is 2.90. The number of hydrogen-bond acceptors (Lipinski definition) is 5. The second kappa shape index (κ2) is 10.6. The Morgan fingerprint density at radius 3 is 2.51 bits per heavy atom. The first kappa shape index (κ1) is 23.7. The van der Waals surface area contributed by atoms with Crippen LogP contribution >= 0.6 is 0 Å². The number of cyclic esters (lactones) is 1. The van der Waals surface area contributed by atoms with Gasteiger partial charge in [0.15, 0.2) is 0 Å². The first-order chi connectivity index (χ1) is 16.9. The number of amides is 4. The summed E-state index contributed by atoms with van der Waals surface area (Å²) in [7, 11) is 0. The fraction of sp³-hybridized carbons (Fsp3) is 0.200. The minimum absolute atomic E-state index is 0.199. The molecule has 9 nitrogen and oxygen atoms in total. The van der Waals surface area contributed by atoms with Crippen molar-refractivity contribution in [3.8, 4) is 11.1 Å². The number of urea groups is 1. The number of aromatic nitrogens is 1. The third-order valence-corrected chi connectivity index (χ3v) is 5.37. The highest BCUT2D eigenvalue weighted by atomic mass is 19.1. The normalized spacial score (nSPS) is 14.9. The number of halogens is 1. The molecule has 1 aliphatic heterocycles. The molecule has 180 valence electrons. The van der Waals surface area contributed by atoms with Crippen LogP contribution in [0.15, 0.2) is 67.0 Å². The number of rotatable bonds is 7. The molecule has 3 aromatic rings. The molecule has 0 unspecified atom stereocenters. The maximum absolute atomic E-state index is 14.9. The average Bonchev–Trinajstić information content (AvgIpc) is 3.23. The van der Waals surface area contributed by atoms with Crippen molar-refractivity contribution in [3.63, 3.8) is 0 Å². The molecule has 10 heteroatoms. The zero-order chi connectivity index (χ0) is 24.8. The van der Waals surface area contributed by atoms with Crippen molar-refractivity contribution in [2.75, 3.05) is 23.3 Å². The summed E-state index contributed by atoms with van der Waals surface area (Å²) >= 11 is 0. The van der Waals surface area contributed by atoms with Crippen LogP contribution in [-0.4, -0.2) is 42.2 Å². The van der Waals surface area contributed by atoms with Crippen LogP contribution in [0.25, 0.3) is 11.1 Å². The van der Waals surface area contributed by atoms with Gasteiger partial charge in [0.25, 0.3) is 0 Å². The van der Waals surface area contributed by atoms with E-state index in [9.17, 15) is 18.8 Å². The number of nitrogens with zero attached hydrogens (tertiary/aromatic N) is 2. The summed E-state index contributed by atoms with van der Waals surface area (Å²) in [6, 6.07) is 14.7. The molecule has 1 saturated heterocycles. The van der Waals surface area contributed by atoms with Crippen LogP contribution in [0.2, 0.25) is 0 Å². The first-order valence-electron chi connectivity index (χ1n) is 11.0. The van der Waals surface area contributed by atoms with Crippen LogP contribution in [0.5, 0.6) is 0 Å². The molecule has 3 N–H and O–H groups in total. The highest BCUT2D eigenvalue weighted by molar-refractivity contribution is 5.90. The number of pyridine rings is 1. The quantitative estimate of drug-likeness (QED) is 0.481. The van der Waals surface area contributed by atoms with Crippen molar-refractivity contribution >= 4 is 29.4 Å². The molecule has 0 saturated carbocycles. The van der Waals surface area contributed by atoms with E-state index < -0.39 is 18.0 Å². The average molecular weight is 477 g/mol. The van der Waals surface area contributed by atoms with Crippen molar-refractivity contribution < 1.29 is 23.5 Å². The molecule has 0 aliphatic carbocycles. The summed E-state index contributed by atoms with van der Waals surface area (Å²) in [5, 5.41) is 8.08. The summed E-state index contributed by atoms with van der Waals surface area (Å²) < 4.78 is 20.2. The second-order valence-electron chi connectivity index (χ2n) is 7.96. The number of benzene rings is 2. The van der Waals surface area contributed by atoms with E-state index in [0.29, 0.717) is 29.0 Å². The first-order valence-corrected chi connectivity index (χ1v) is 11.0. The van der Waals surface area contributed by atoms with E-state index in [1.165, 1.54) is 17.9 Å². The van der Waals surface area contributed by atoms with Gasteiger partial charge in [-0.15, -0.1) is 0 Å². The van der Waals surface area contributed by atoms with E-state index in [1.54, 1.807) is 60.9 Å². The van der Waals surface area contributed by atoms with Gasteiger partial charge in [0.05, 0.1) is 18.8 Å². The maximum Gasteiger partial charge on any atom is 0.414 e. The highest BCUT2D eigenvalue weighted by Gasteiger charge is 2.32. The third-order valence-electron chi connectivity index (χ3n) is 5.37. The Bertz CT molecular complexity index is 1220. The van der Waals surface area contributed by atoms with E-state index in [0.717, 1.165) is 5.56 Å². The molecule has 4 rings (SSSR count). The zero-order valence-corrected chi connectivity index (χ0v) is 19.0. The van der Waals surface area contributed by atoms with Crippen LogP contribution in [0, 0.1) is 5.82 Å². The standard InChI is InChI=1S/C25H24FN5O4/c1-16(32)28-14-21-15-31(25(34)35-21)20-6-7-22(23(26)12-20)18-4-2-17(3-5-18)13-29-24(33)30-19-8-10-27-11-9-19/h2-12,21H,13-15H2,1H3,(H,28,32)(H2,27,29,30,33)/t21-/m0/s1. The van der Waals surface area contributed by atoms with Crippen molar-refractivity contribution in [1.29, 1.82) is 0 Å². The Hall–Kier alpha value is -4.47. The monoisotopic (exact) mass is 477 g/mol. The smallest absolute Gasteiger partial charge is 0.414 e. The van der Waals surface area contributed by atoms with Gasteiger partial charge in [-0.05, 0) is 41.5 Å². The Morgan fingerprint density at radius 2 is 1.83 bits per heavy atom. The number of nitrogens with one attached hydrogen (secondary N) is 3.